The van der Waals surface area contributed by atoms with Gasteiger partial charge in [0.1, 0.15) is 0 Å². The van der Waals surface area contributed by atoms with Gasteiger partial charge in [0, 0.05) is 60.3 Å². The van der Waals surface area contributed by atoms with E-state index in [1.165, 1.54) is 109 Å². The van der Waals surface area contributed by atoms with Crippen LogP contribution in [0.1, 0.15) is 30.9 Å². The van der Waals surface area contributed by atoms with E-state index in [1.54, 1.807) is 0 Å². The van der Waals surface area contributed by atoms with E-state index in [0.717, 1.165) is 18.5 Å². The van der Waals surface area contributed by atoms with Crippen LogP contribution >= 0.6 is 0 Å². The van der Waals surface area contributed by atoms with Gasteiger partial charge in [-0.15, -0.1) is 0 Å². The standard InChI is InChI=1S/C46H29N3/c1-2-26-22-23-47-44-33-15-9-14-31-39(21-20-30(41(31)33)35(44)24-26)49-40-25-36-29-12-5-7-16-37(29)48-38-17-8-6-13-32(38)43(46(36)48)42(40)34-19-18-27-10-3-4-11-28(27)45(34)49/h3-23,25H,2,24H2,1H3. The molecule has 0 bridgehead atoms. The average molecular weight is 624 g/mol. The van der Waals surface area contributed by atoms with E-state index in [1.807, 2.05) is 6.21 Å². The van der Waals surface area contributed by atoms with Gasteiger partial charge in [-0.3, -0.25) is 4.99 Å². The number of benzene rings is 7. The van der Waals surface area contributed by atoms with Crippen LogP contribution in [0.15, 0.2) is 138 Å². The lowest BCUT2D eigenvalue weighted by Crippen LogP contribution is -1.97. The van der Waals surface area contributed by atoms with Crippen molar-refractivity contribution in [1.29, 1.82) is 0 Å². The second kappa shape index (κ2) is 9.03. The van der Waals surface area contributed by atoms with Gasteiger partial charge in [-0.2, -0.15) is 0 Å². The van der Waals surface area contributed by atoms with E-state index in [2.05, 4.69) is 143 Å². The van der Waals surface area contributed by atoms with Crippen LogP contribution in [0.25, 0.3) is 98.4 Å². The summed E-state index contributed by atoms with van der Waals surface area (Å²) in [5.41, 5.74) is 14.0. The molecule has 0 radical (unpaired) electrons. The molecule has 3 aromatic heterocycles. The third kappa shape index (κ3) is 3.07. The first kappa shape index (κ1) is 25.8. The Morgan fingerprint density at radius 2 is 1.35 bits per heavy atom. The minimum atomic E-state index is 0.944. The predicted octanol–water partition coefficient (Wildman–Crippen LogP) is 12.2. The molecule has 0 saturated carbocycles. The minimum absolute atomic E-state index is 0.944. The molecule has 0 amide bonds. The lowest BCUT2D eigenvalue weighted by Gasteiger charge is -2.15. The minimum Gasteiger partial charge on any atom is -0.308 e. The Morgan fingerprint density at radius 3 is 2.22 bits per heavy atom. The van der Waals surface area contributed by atoms with Gasteiger partial charge < -0.3 is 8.97 Å². The summed E-state index contributed by atoms with van der Waals surface area (Å²) in [6, 6.07) is 45.4. The van der Waals surface area contributed by atoms with Crippen molar-refractivity contribution in [3.8, 4) is 5.69 Å². The summed E-state index contributed by atoms with van der Waals surface area (Å²) in [4.78, 5) is 5.03. The number of aromatic nitrogens is 2. The number of nitrogens with zero attached hydrogens (tertiary/aromatic N) is 3. The molecule has 2 aliphatic rings. The van der Waals surface area contributed by atoms with Crippen LogP contribution in [0, 0.1) is 0 Å². The average Bonchev–Trinajstić information content (AvgIpc) is 3.81. The Kier molecular flexibility index (Phi) is 4.76. The number of para-hydroxylation sites is 2. The zero-order valence-corrected chi connectivity index (χ0v) is 27.0. The van der Waals surface area contributed by atoms with Crippen LogP contribution in [0.5, 0.6) is 0 Å². The van der Waals surface area contributed by atoms with E-state index in [-0.39, 0.29) is 0 Å². The lowest BCUT2D eigenvalue weighted by atomic mass is 9.96. The van der Waals surface area contributed by atoms with Crippen LogP contribution in [0.2, 0.25) is 0 Å². The Bertz CT molecular complexity index is 3210. The van der Waals surface area contributed by atoms with Crippen LogP contribution in [-0.2, 0) is 0 Å². The molecule has 0 atom stereocenters. The molecule has 0 unspecified atom stereocenters. The predicted molar refractivity (Wildman–Crippen MR) is 209 cm³/mol. The Hall–Kier alpha value is -6.19. The molecule has 12 rings (SSSR count). The fourth-order valence-electron chi connectivity index (χ4n) is 9.42. The van der Waals surface area contributed by atoms with E-state index in [4.69, 9.17) is 4.99 Å². The number of aliphatic imine (C=N–C) groups is 1. The smallest absolute Gasteiger partial charge is 0.0749 e. The fraction of sp³-hybridized carbons (Fsp3) is 0.0652. The SMILES string of the molecule is CCC1=CC=NC2=C(C1)c1ccc(-n3c4cc5c6ccccc6n6c7ccccc7c(c4c4ccc7ccccc7c43)c56)c3cccc2c13. The molecule has 4 heterocycles. The zero-order chi connectivity index (χ0) is 32.0. The second-order valence-electron chi connectivity index (χ2n) is 13.8. The Balaban J connectivity index is 1.30. The van der Waals surface area contributed by atoms with E-state index < -0.39 is 0 Å². The first-order valence-electron chi connectivity index (χ1n) is 17.3. The molecule has 0 N–H and O–H groups in total. The van der Waals surface area contributed by atoms with E-state index >= 15 is 0 Å². The number of fused-ring (bicyclic) bond motifs is 14. The van der Waals surface area contributed by atoms with Gasteiger partial charge in [-0.25, -0.2) is 0 Å². The molecule has 1 aliphatic carbocycles. The van der Waals surface area contributed by atoms with Gasteiger partial charge >= 0.3 is 0 Å². The van der Waals surface area contributed by atoms with Crippen molar-refractivity contribution in [2.45, 2.75) is 19.8 Å². The highest BCUT2D eigenvalue weighted by Gasteiger charge is 2.29. The number of hydrogen-bond acceptors (Lipinski definition) is 1. The summed E-state index contributed by atoms with van der Waals surface area (Å²) in [5, 5.41) is 13.0. The fourth-order valence-corrected chi connectivity index (χ4v) is 9.42. The summed E-state index contributed by atoms with van der Waals surface area (Å²) in [6.45, 7) is 2.25. The molecular weight excluding hydrogens is 595 g/mol. The number of rotatable bonds is 2. The van der Waals surface area contributed by atoms with Gasteiger partial charge in [0.15, 0.2) is 0 Å². The summed E-state index contributed by atoms with van der Waals surface area (Å²) < 4.78 is 5.08. The van der Waals surface area contributed by atoms with Crippen molar-refractivity contribution in [1.82, 2.24) is 8.97 Å². The molecule has 49 heavy (non-hydrogen) atoms. The number of hydrogen-bond donors (Lipinski definition) is 0. The highest BCUT2D eigenvalue weighted by Crippen LogP contribution is 2.51. The lowest BCUT2D eigenvalue weighted by molar-refractivity contribution is 1.05. The second-order valence-corrected chi connectivity index (χ2v) is 13.8. The Labute approximate surface area is 281 Å². The first-order chi connectivity index (χ1) is 24.3. The molecular formula is C46H29N3. The topological polar surface area (TPSA) is 21.7 Å². The molecule has 0 saturated heterocycles. The molecule has 3 heteroatoms. The van der Waals surface area contributed by atoms with Crippen molar-refractivity contribution < 1.29 is 0 Å². The van der Waals surface area contributed by atoms with Crippen LogP contribution in [0.3, 0.4) is 0 Å². The number of allylic oxidation sites excluding steroid dienone is 3. The third-order valence-corrected chi connectivity index (χ3v) is 11.5. The monoisotopic (exact) mass is 623 g/mol. The molecule has 0 spiro atoms. The summed E-state index contributed by atoms with van der Waals surface area (Å²) in [5.74, 6) is 0. The quantitative estimate of drug-likeness (QED) is 0.183. The van der Waals surface area contributed by atoms with Crippen LogP contribution in [-0.4, -0.2) is 15.2 Å². The zero-order valence-electron chi connectivity index (χ0n) is 27.0. The van der Waals surface area contributed by atoms with Crippen LogP contribution < -0.4 is 0 Å². The highest BCUT2D eigenvalue weighted by atomic mass is 15.0. The molecule has 3 nitrogen and oxygen atoms in total. The summed E-state index contributed by atoms with van der Waals surface area (Å²) >= 11 is 0. The molecule has 1 aliphatic heterocycles. The van der Waals surface area contributed by atoms with Crippen molar-refractivity contribution in [3.05, 3.63) is 144 Å². The molecule has 228 valence electrons. The maximum Gasteiger partial charge on any atom is 0.0749 e. The Morgan fingerprint density at radius 1 is 0.571 bits per heavy atom. The molecule has 0 fully saturated rings. The summed E-state index contributed by atoms with van der Waals surface area (Å²) in [6.07, 6.45) is 6.19. The van der Waals surface area contributed by atoms with Gasteiger partial charge in [-0.05, 0) is 59.7 Å². The van der Waals surface area contributed by atoms with Crippen molar-refractivity contribution in [2.24, 2.45) is 4.99 Å². The van der Waals surface area contributed by atoms with Gasteiger partial charge in [0.2, 0.25) is 0 Å². The van der Waals surface area contributed by atoms with Crippen LogP contribution in [0.4, 0.5) is 0 Å². The van der Waals surface area contributed by atoms with Gasteiger partial charge in [0.05, 0.1) is 39.0 Å². The van der Waals surface area contributed by atoms with Crippen molar-refractivity contribution >= 4 is 98.9 Å². The largest absolute Gasteiger partial charge is 0.308 e. The highest BCUT2D eigenvalue weighted by molar-refractivity contribution is 6.37. The van der Waals surface area contributed by atoms with Gasteiger partial charge in [-0.1, -0.05) is 110 Å². The third-order valence-electron chi connectivity index (χ3n) is 11.5. The van der Waals surface area contributed by atoms with E-state index in [9.17, 15) is 0 Å². The van der Waals surface area contributed by atoms with Crippen molar-refractivity contribution in [3.63, 3.8) is 0 Å². The first-order valence-corrected chi connectivity index (χ1v) is 17.3. The maximum absolute atomic E-state index is 5.03. The molecule has 10 aromatic rings. The van der Waals surface area contributed by atoms with Crippen molar-refractivity contribution in [2.75, 3.05) is 0 Å². The maximum atomic E-state index is 5.03. The normalized spacial score (nSPS) is 14.6. The summed E-state index contributed by atoms with van der Waals surface area (Å²) in [7, 11) is 0. The molecule has 7 aromatic carbocycles. The van der Waals surface area contributed by atoms with Gasteiger partial charge in [0.25, 0.3) is 0 Å². The van der Waals surface area contributed by atoms with E-state index in [0.29, 0.717) is 0 Å².